The third-order valence-electron chi connectivity index (χ3n) is 3.73. The van der Waals surface area contributed by atoms with E-state index < -0.39 is 36.9 Å². The number of para-hydroxylation sites is 2. The van der Waals surface area contributed by atoms with Crippen molar-refractivity contribution < 1.29 is 27.5 Å². The lowest BCUT2D eigenvalue weighted by atomic mass is 10.1. The van der Waals surface area contributed by atoms with E-state index in [0.717, 1.165) is 9.04 Å². The highest BCUT2D eigenvalue weighted by molar-refractivity contribution is 9.10. The summed E-state index contributed by atoms with van der Waals surface area (Å²) >= 11 is 3.24. The first-order valence-corrected chi connectivity index (χ1v) is 8.52. The van der Waals surface area contributed by atoms with Gasteiger partial charge >= 0.3 is 12.1 Å². The van der Waals surface area contributed by atoms with Gasteiger partial charge in [0.15, 0.2) is 12.4 Å². The molecule has 1 heterocycles. The van der Waals surface area contributed by atoms with Crippen LogP contribution in [-0.2, 0) is 22.3 Å². The minimum Gasteiger partial charge on any atom is -0.456 e. The number of benzene rings is 2. The summed E-state index contributed by atoms with van der Waals surface area (Å²) in [6, 6.07) is 12.3. The lowest BCUT2D eigenvalue weighted by molar-refractivity contribution is -0.150. The molecule has 27 heavy (non-hydrogen) atoms. The maximum atomic E-state index is 13.2. The number of nitrogens with zero attached hydrogens (tertiary/aromatic N) is 2. The van der Waals surface area contributed by atoms with E-state index in [0.29, 0.717) is 5.56 Å². The normalized spacial score (nSPS) is 11.6. The van der Waals surface area contributed by atoms with Crippen molar-refractivity contribution in [1.29, 1.82) is 0 Å². The van der Waals surface area contributed by atoms with Gasteiger partial charge in [0.1, 0.15) is 6.54 Å². The molecule has 0 amide bonds. The van der Waals surface area contributed by atoms with Crippen LogP contribution < -0.4 is 0 Å². The van der Waals surface area contributed by atoms with Crippen molar-refractivity contribution in [2.24, 2.45) is 0 Å². The van der Waals surface area contributed by atoms with Crippen molar-refractivity contribution in [2.75, 3.05) is 6.61 Å². The molecule has 0 unspecified atom stereocenters. The molecule has 140 valence electrons. The average Bonchev–Trinajstić information content (AvgIpc) is 2.99. The van der Waals surface area contributed by atoms with E-state index >= 15 is 0 Å². The molecular formula is C18H12BrF3N2O3. The zero-order chi connectivity index (χ0) is 19.6. The molecule has 0 radical (unpaired) electrons. The van der Waals surface area contributed by atoms with Crippen LogP contribution in [0.3, 0.4) is 0 Å². The smallest absolute Gasteiger partial charge is 0.449 e. The van der Waals surface area contributed by atoms with Crippen molar-refractivity contribution in [3.63, 3.8) is 0 Å². The number of esters is 1. The van der Waals surface area contributed by atoms with E-state index in [9.17, 15) is 22.8 Å². The van der Waals surface area contributed by atoms with E-state index in [1.54, 1.807) is 36.4 Å². The Kier molecular flexibility index (Phi) is 5.31. The highest BCUT2D eigenvalue weighted by atomic mass is 79.9. The maximum absolute atomic E-state index is 13.2. The van der Waals surface area contributed by atoms with E-state index in [1.165, 1.54) is 12.1 Å². The van der Waals surface area contributed by atoms with Gasteiger partial charge in [0.25, 0.3) is 0 Å². The second kappa shape index (κ2) is 7.51. The fourth-order valence-electron chi connectivity index (χ4n) is 2.49. The molecule has 2 aromatic carbocycles. The summed E-state index contributed by atoms with van der Waals surface area (Å²) in [5, 5.41) is 0. The predicted molar refractivity (Wildman–Crippen MR) is 94.2 cm³/mol. The fourth-order valence-corrected chi connectivity index (χ4v) is 2.76. The lowest BCUT2D eigenvalue weighted by Gasteiger charge is -2.11. The quantitative estimate of drug-likeness (QED) is 0.439. The summed E-state index contributed by atoms with van der Waals surface area (Å²) in [7, 11) is 0. The summed E-state index contributed by atoms with van der Waals surface area (Å²) in [5.74, 6) is -2.61. The highest BCUT2D eigenvalue weighted by Crippen LogP contribution is 2.31. The third kappa shape index (κ3) is 4.36. The zero-order valence-electron chi connectivity index (χ0n) is 13.7. The van der Waals surface area contributed by atoms with Crippen LogP contribution in [0.5, 0.6) is 0 Å². The van der Waals surface area contributed by atoms with Crippen LogP contribution in [0.15, 0.2) is 53.0 Å². The summed E-state index contributed by atoms with van der Waals surface area (Å²) < 4.78 is 46.0. The van der Waals surface area contributed by atoms with Gasteiger partial charge in [-0.15, -0.1) is 0 Å². The molecule has 1 aromatic heterocycles. The van der Waals surface area contributed by atoms with Crippen LogP contribution in [0.1, 0.15) is 16.2 Å². The second-order valence-electron chi connectivity index (χ2n) is 5.60. The lowest BCUT2D eigenvalue weighted by Crippen LogP contribution is -2.22. The van der Waals surface area contributed by atoms with Crippen LogP contribution in [0.4, 0.5) is 13.2 Å². The molecule has 0 saturated carbocycles. The van der Waals surface area contributed by atoms with Gasteiger partial charge in [-0.1, -0.05) is 40.2 Å². The van der Waals surface area contributed by atoms with Crippen molar-refractivity contribution in [2.45, 2.75) is 12.7 Å². The van der Waals surface area contributed by atoms with Crippen molar-refractivity contribution in [3.05, 3.63) is 64.4 Å². The summed E-state index contributed by atoms with van der Waals surface area (Å²) in [6.07, 6.45) is -4.73. The Labute approximate surface area is 159 Å². The average molecular weight is 441 g/mol. The molecule has 3 rings (SSSR count). The molecule has 0 atom stereocenters. The minimum atomic E-state index is -4.73. The van der Waals surface area contributed by atoms with Gasteiger partial charge in [-0.3, -0.25) is 9.59 Å². The first kappa shape index (κ1) is 19.1. The predicted octanol–water partition coefficient (Wildman–Crippen LogP) is 4.24. The third-order valence-corrected chi connectivity index (χ3v) is 4.25. The number of hydrogen-bond donors (Lipinski definition) is 0. The van der Waals surface area contributed by atoms with Crippen molar-refractivity contribution in [3.8, 4) is 0 Å². The number of alkyl halides is 3. The summed E-state index contributed by atoms with van der Waals surface area (Å²) in [4.78, 5) is 27.6. The van der Waals surface area contributed by atoms with Gasteiger partial charge in [-0.25, -0.2) is 4.98 Å². The molecule has 0 N–H and O–H groups in total. The van der Waals surface area contributed by atoms with Crippen LogP contribution in [0.25, 0.3) is 11.0 Å². The molecule has 0 spiro atoms. The Balaban J connectivity index is 1.74. The number of carbonyl (C=O) groups is 2. The number of hydrogen-bond acceptors (Lipinski definition) is 4. The second-order valence-corrected chi connectivity index (χ2v) is 6.51. The number of ketones is 1. The van der Waals surface area contributed by atoms with E-state index in [4.69, 9.17) is 4.74 Å². The number of fused-ring (bicyclic) bond motifs is 1. The molecule has 3 aromatic rings. The maximum Gasteiger partial charge on any atom is 0.449 e. The summed E-state index contributed by atoms with van der Waals surface area (Å²) in [5.41, 5.74) is 0.597. The molecule has 0 aliphatic carbocycles. The van der Waals surface area contributed by atoms with Crippen LogP contribution in [0.2, 0.25) is 0 Å². The minimum absolute atomic E-state index is 0.114. The number of halogens is 4. The van der Waals surface area contributed by atoms with Gasteiger partial charge < -0.3 is 9.30 Å². The largest absolute Gasteiger partial charge is 0.456 e. The number of ether oxygens (including phenoxy) is 1. The van der Waals surface area contributed by atoms with Crippen LogP contribution in [-0.4, -0.2) is 27.9 Å². The van der Waals surface area contributed by atoms with E-state index in [1.807, 2.05) is 0 Å². The first-order valence-electron chi connectivity index (χ1n) is 7.72. The SMILES string of the molecule is O=C(Cn1c(C(F)(F)F)nc2ccccc21)OCC(=O)c1ccc(Br)cc1. The van der Waals surface area contributed by atoms with Gasteiger partial charge in [-0.05, 0) is 24.3 Å². The molecular weight excluding hydrogens is 429 g/mol. The van der Waals surface area contributed by atoms with E-state index in [2.05, 4.69) is 20.9 Å². The van der Waals surface area contributed by atoms with Gasteiger partial charge in [0.2, 0.25) is 5.82 Å². The number of imidazole rings is 1. The Bertz CT molecular complexity index is 997. The highest BCUT2D eigenvalue weighted by Gasteiger charge is 2.38. The van der Waals surface area contributed by atoms with Crippen LogP contribution in [0, 0.1) is 0 Å². The number of carbonyl (C=O) groups excluding carboxylic acids is 2. The van der Waals surface area contributed by atoms with Gasteiger partial charge in [-0.2, -0.15) is 13.2 Å². The van der Waals surface area contributed by atoms with Crippen molar-refractivity contribution in [1.82, 2.24) is 9.55 Å². The Morgan fingerprint density at radius 3 is 2.41 bits per heavy atom. The van der Waals surface area contributed by atoms with Gasteiger partial charge in [0, 0.05) is 10.0 Å². The monoisotopic (exact) mass is 440 g/mol. The van der Waals surface area contributed by atoms with E-state index in [-0.39, 0.29) is 11.0 Å². The summed E-state index contributed by atoms with van der Waals surface area (Å²) in [6.45, 7) is -1.27. The molecule has 0 fully saturated rings. The molecule has 0 bridgehead atoms. The number of rotatable bonds is 5. The van der Waals surface area contributed by atoms with Crippen molar-refractivity contribution >= 4 is 38.7 Å². The molecule has 5 nitrogen and oxygen atoms in total. The first-order chi connectivity index (χ1) is 12.8. The topological polar surface area (TPSA) is 61.2 Å². The number of Topliss-reactive ketones (excluding diaryl/α,β-unsaturated/α-hetero) is 1. The number of aromatic nitrogens is 2. The van der Waals surface area contributed by atoms with Crippen LogP contribution >= 0.6 is 15.9 Å². The fraction of sp³-hybridized carbons (Fsp3) is 0.167. The standard InChI is InChI=1S/C18H12BrF3N2O3/c19-12-7-5-11(6-8-12)15(25)10-27-16(26)9-24-14-4-2-1-3-13(14)23-17(24)18(20,21)22/h1-8H,9-10H2. The molecule has 0 aliphatic rings. The Hall–Kier alpha value is -2.68. The zero-order valence-corrected chi connectivity index (χ0v) is 15.3. The molecule has 9 heteroatoms. The molecule has 0 aliphatic heterocycles. The molecule has 0 saturated heterocycles. The Morgan fingerprint density at radius 2 is 1.74 bits per heavy atom. The van der Waals surface area contributed by atoms with Gasteiger partial charge in [0.05, 0.1) is 11.0 Å². The Morgan fingerprint density at radius 1 is 1.07 bits per heavy atom.